The summed E-state index contributed by atoms with van der Waals surface area (Å²) in [5.74, 6) is -1.31. The van der Waals surface area contributed by atoms with Crippen LogP contribution in [0.5, 0.6) is 0 Å². The fraction of sp³-hybridized carbons (Fsp3) is 0.167. The molecule has 0 heterocycles. The van der Waals surface area contributed by atoms with Crippen LogP contribution in [-0.2, 0) is 9.53 Å². The van der Waals surface area contributed by atoms with Crippen molar-refractivity contribution in [3.63, 3.8) is 0 Å². The minimum Gasteiger partial charge on any atom is -0.481 e. The largest absolute Gasteiger partial charge is 0.481 e. The molecule has 2 N–H and O–H groups in total. The fourth-order valence-electron chi connectivity index (χ4n) is 4.10. The van der Waals surface area contributed by atoms with E-state index in [1.165, 1.54) is 18.2 Å². The van der Waals surface area contributed by atoms with E-state index in [1.54, 1.807) is 0 Å². The zero-order valence-corrected chi connectivity index (χ0v) is 18.8. The van der Waals surface area contributed by atoms with E-state index in [9.17, 15) is 24.8 Å². The first-order valence-corrected chi connectivity index (χ1v) is 10.9. The number of halogens is 1. The van der Waals surface area contributed by atoms with Gasteiger partial charge in [-0.15, -0.1) is 0 Å². The third kappa shape index (κ3) is 4.73. The van der Waals surface area contributed by atoms with Gasteiger partial charge in [0, 0.05) is 12.0 Å². The number of hydrogen-bond donors (Lipinski definition) is 2. The molecule has 0 unspecified atom stereocenters. The number of alkyl carbamates (subject to hydrolysis) is 1. The van der Waals surface area contributed by atoms with Gasteiger partial charge in [-0.1, -0.05) is 54.6 Å². The van der Waals surface area contributed by atoms with Crippen LogP contribution in [0.25, 0.3) is 11.1 Å². The number of aliphatic carboxylic acids is 1. The standard InChI is InChI=1S/C24H19BrN2O6/c25-20-10-9-14(11-22(20)27(31)32)21(12-23(28)29)26-24(30)33-13-19-17-7-3-1-5-15(17)16-6-2-4-8-18(16)19/h1-11,19,21H,12-13H2,(H,26,30)(H,28,29)/t21-/m1/s1. The number of amides is 1. The van der Waals surface area contributed by atoms with Gasteiger partial charge in [0.2, 0.25) is 0 Å². The Morgan fingerprint density at radius 2 is 1.67 bits per heavy atom. The zero-order valence-electron chi connectivity index (χ0n) is 17.2. The van der Waals surface area contributed by atoms with Crippen molar-refractivity contribution < 1.29 is 24.4 Å². The lowest BCUT2D eigenvalue weighted by Crippen LogP contribution is -2.31. The first-order valence-electron chi connectivity index (χ1n) is 10.1. The molecule has 0 aromatic heterocycles. The summed E-state index contributed by atoms with van der Waals surface area (Å²) in [6, 6.07) is 19.0. The molecule has 0 bridgehead atoms. The molecule has 0 radical (unpaired) electrons. The molecule has 1 amide bonds. The smallest absolute Gasteiger partial charge is 0.407 e. The number of nitro benzene ring substituents is 1. The Morgan fingerprint density at radius 3 is 2.24 bits per heavy atom. The number of nitrogens with zero attached hydrogens (tertiary/aromatic N) is 1. The van der Waals surface area contributed by atoms with Crippen molar-refractivity contribution in [3.8, 4) is 11.1 Å². The molecule has 0 aliphatic heterocycles. The molecule has 1 aliphatic carbocycles. The van der Waals surface area contributed by atoms with Gasteiger partial charge in [0.15, 0.2) is 0 Å². The van der Waals surface area contributed by atoms with Crippen molar-refractivity contribution in [2.24, 2.45) is 0 Å². The molecular weight excluding hydrogens is 492 g/mol. The number of carbonyl (C=O) groups excluding carboxylic acids is 1. The van der Waals surface area contributed by atoms with Crippen LogP contribution in [0.2, 0.25) is 0 Å². The molecular formula is C24H19BrN2O6. The lowest BCUT2D eigenvalue weighted by molar-refractivity contribution is -0.385. The Hall–Kier alpha value is -3.72. The van der Waals surface area contributed by atoms with Gasteiger partial charge >= 0.3 is 12.1 Å². The Bertz CT molecular complexity index is 1200. The van der Waals surface area contributed by atoms with Gasteiger partial charge < -0.3 is 15.2 Å². The summed E-state index contributed by atoms with van der Waals surface area (Å²) in [6.45, 7) is 0.0696. The first kappa shape index (κ1) is 22.5. The highest BCUT2D eigenvalue weighted by atomic mass is 79.9. The molecule has 9 heteroatoms. The predicted molar refractivity (Wildman–Crippen MR) is 124 cm³/mol. The van der Waals surface area contributed by atoms with Gasteiger partial charge in [-0.3, -0.25) is 14.9 Å². The van der Waals surface area contributed by atoms with Crippen LogP contribution in [0, 0.1) is 10.1 Å². The maximum absolute atomic E-state index is 12.6. The van der Waals surface area contributed by atoms with Crippen LogP contribution < -0.4 is 5.32 Å². The summed E-state index contributed by atoms with van der Waals surface area (Å²) < 4.78 is 5.74. The molecule has 33 heavy (non-hydrogen) atoms. The van der Waals surface area contributed by atoms with Gasteiger partial charge in [0.1, 0.15) is 6.61 Å². The number of rotatable bonds is 7. The van der Waals surface area contributed by atoms with Crippen LogP contribution in [0.15, 0.2) is 71.2 Å². The Labute approximate surface area is 197 Å². The van der Waals surface area contributed by atoms with Gasteiger partial charge in [0.05, 0.1) is 21.9 Å². The minimum atomic E-state index is -1.16. The van der Waals surface area contributed by atoms with E-state index in [0.717, 1.165) is 22.3 Å². The minimum absolute atomic E-state index is 0.0696. The molecule has 0 fully saturated rings. The summed E-state index contributed by atoms with van der Waals surface area (Å²) in [4.78, 5) is 34.6. The number of carbonyl (C=O) groups is 2. The highest BCUT2D eigenvalue weighted by Crippen LogP contribution is 2.44. The summed E-state index contributed by atoms with van der Waals surface area (Å²) in [5.41, 5.74) is 4.35. The topological polar surface area (TPSA) is 119 Å². The van der Waals surface area contributed by atoms with E-state index in [4.69, 9.17) is 4.74 Å². The van der Waals surface area contributed by atoms with Crippen molar-refractivity contribution in [1.29, 1.82) is 0 Å². The zero-order chi connectivity index (χ0) is 23.5. The Kier molecular flexibility index (Phi) is 6.41. The van der Waals surface area contributed by atoms with Crippen LogP contribution in [-0.4, -0.2) is 28.7 Å². The third-order valence-electron chi connectivity index (χ3n) is 5.58. The van der Waals surface area contributed by atoms with E-state index in [2.05, 4.69) is 21.2 Å². The summed E-state index contributed by atoms with van der Waals surface area (Å²) in [6.07, 6.45) is -1.25. The van der Waals surface area contributed by atoms with Crippen LogP contribution in [0.4, 0.5) is 10.5 Å². The average Bonchev–Trinajstić information content (AvgIpc) is 3.11. The predicted octanol–water partition coefficient (Wildman–Crippen LogP) is 5.41. The normalized spacial score (nSPS) is 13.0. The second-order valence-electron chi connectivity index (χ2n) is 7.59. The van der Waals surface area contributed by atoms with Crippen molar-refractivity contribution in [2.45, 2.75) is 18.4 Å². The number of benzene rings is 3. The molecule has 3 aromatic carbocycles. The lowest BCUT2D eigenvalue weighted by atomic mass is 9.98. The van der Waals surface area contributed by atoms with E-state index in [1.807, 2.05) is 48.5 Å². The lowest BCUT2D eigenvalue weighted by Gasteiger charge is -2.19. The molecule has 0 saturated heterocycles. The van der Waals surface area contributed by atoms with E-state index < -0.39 is 29.4 Å². The van der Waals surface area contributed by atoms with Crippen molar-refractivity contribution >= 4 is 33.7 Å². The second kappa shape index (κ2) is 9.41. The van der Waals surface area contributed by atoms with Crippen molar-refractivity contribution in [2.75, 3.05) is 6.61 Å². The molecule has 1 aliphatic rings. The highest BCUT2D eigenvalue weighted by molar-refractivity contribution is 9.10. The molecule has 4 rings (SSSR count). The summed E-state index contributed by atoms with van der Waals surface area (Å²) in [7, 11) is 0. The molecule has 168 valence electrons. The van der Waals surface area contributed by atoms with Crippen LogP contribution >= 0.6 is 15.9 Å². The van der Waals surface area contributed by atoms with E-state index in [-0.39, 0.29) is 22.7 Å². The van der Waals surface area contributed by atoms with Gasteiger partial charge in [-0.2, -0.15) is 0 Å². The monoisotopic (exact) mass is 510 g/mol. The van der Waals surface area contributed by atoms with Gasteiger partial charge in [-0.25, -0.2) is 4.79 Å². The number of carboxylic acids is 1. The molecule has 0 spiro atoms. The average molecular weight is 511 g/mol. The van der Waals surface area contributed by atoms with E-state index in [0.29, 0.717) is 5.56 Å². The quantitative estimate of drug-likeness (QED) is 0.323. The number of ether oxygens (including phenoxy) is 1. The summed E-state index contributed by atoms with van der Waals surface area (Å²) >= 11 is 3.10. The fourth-order valence-corrected chi connectivity index (χ4v) is 4.49. The van der Waals surface area contributed by atoms with Crippen molar-refractivity contribution in [1.82, 2.24) is 5.32 Å². The molecule has 1 atom stereocenters. The second-order valence-corrected chi connectivity index (χ2v) is 8.44. The molecule has 8 nitrogen and oxygen atoms in total. The number of fused-ring (bicyclic) bond motifs is 3. The number of hydrogen-bond acceptors (Lipinski definition) is 5. The van der Waals surface area contributed by atoms with Crippen LogP contribution in [0.3, 0.4) is 0 Å². The SMILES string of the molecule is O=C(O)C[C@@H](NC(=O)OCC1c2ccccc2-c2ccccc21)c1ccc(Br)c([N+](=O)[O-])c1. The maximum atomic E-state index is 12.6. The maximum Gasteiger partial charge on any atom is 0.407 e. The van der Waals surface area contributed by atoms with Crippen molar-refractivity contribution in [3.05, 3.63) is 98.0 Å². The van der Waals surface area contributed by atoms with Gasteiger partial charge in [0.25, 0.3) is 5.69 Å². The first-order chi connectivity index (χ1) is 15.8. The number of nitro groups is 1. The number of carboxylic acid groups (broad SMARTS) is 1. The Morgan fingerprint density at radius 1 is 1.06 bits per heavy atom. The van der Waals surface area contributed by atoms with E-state index >= 15 is 0 Å². The summed E-state index contributed by atoms with van der Waals surface area (Å²) in [5, 5.41) is 23.1. The highest BCUT2D eigenvalue weighted by Gasteiger charge is 2.29. The van der Waals surface area contributed by atoms with Crippen LogP contribution in [0.1, 0.15) is 35.1 Å². The molecule has 0 saturated carbocycles. The Balaban J connectivity index is 1.51. The van der Waals surface area contributed by atoms with Gasteiger partial charge in [-0.05, 0) is 49.8 Å². The molecule has 3 aromatic rings. The number of nitrogens with one attached hydrogen (secondary N) is 1. The third-order valence-corrected chi connectivity index (χ3v) is 6.25.